The summed E-state index contributed by atoms with van der Waals surface area (Å²) in [6.45, 7) is 2.02. The van der Waals surface area contributed by atoms with Crippen molar-refractivity contribution in [2.75, 3.05) is 0 Å². The van der Waals surface area contributed by atoms with E-state index in [1.165, 1.54) is 0 Å². The Morgan fingerprint density at radius 2 is 1.71 bits per heavy atom. The van der Waals surface area contributed by atoms with Gasteiger partial charge in [-0.05, 0) is 29.7 Å². The highest BCUT2D eigenvalue weighted by molar-refractivity contribution is 7.52. The van der Waals surface area contributed by atoms with Crippen LogP contribution in [0.3, 0.4) is 0 Å². The molecule has 21 heavy (non-hydrogen) atoms. The molecule has 2 rings (SSSR count). The predicted octanol–water partition coefficient (Wildman–Crippen LogP) is 3.37. The third-order valence-corrected chi connectivity index (χ3v) is 4.58. The lowest BCUT2D eigenvalue weighted by Gasteiger charge is -2.14. The number of hydrogen-bond donors (Lipinski definition) is 2. The lowest BCUT2D eigenvalue weighted by atomic mass is 10.1. The molecule has 0 saturated heterocycles. The van der Waals surface area contributed by atoms with Gasteiger partial charge in [-0.2, -0.15) is 0 Å². The minimum atomic E-state index is -4.04. The normalized spacial score (nSPS) is 12.9. The van der Waals surface area contributed by atoms with E-state index in [2.05, 4.69) is 0 Å². The molecule has 0 radical (unpaired) electrons. The van der Waals surface area contributed by atoms with Gasteiger partial charge >= 0.3 is 7.60 Å². The lowest BCUT2D eigenvalue weighted by Crippen LogP contribution is -2.07. The second-order valence-electron chi connectivity index (χ2n) is 5.06. The minimum Gasteiger partial charge on any atom is -0.489 e. The number of ether oxygens (including phenoxy) is 1. The van der Waals surface area contributed by atoms with Crippen LogP contribution in [0.1, 0.15) is 18.1 Å². The van der Waals surface area contributed by atoms with Gasteiger partial charge in [0.1, 0.15) is 12.4 Å². The average Bonchev–Trinajstić information content (AvgIpc) is 2.46. The van der Waals surface area contributed by atoms with Crippen LogP contribution in [0.2, 0.25) is 0 Å². The van der Waals surface area contributed by atoms with Gasteiger partial charge in [0.15, 0.2) is 0 Å². The van der Waals surface area contributed by atoms with Gasteiger partial charge in [0, 0.05) is 0 Å². The van der Waals surface area contributed by atoms with Gasteiger partial charge in [-0.1, -0.05) is 49.4 Å². The molecule has 1 atom stereocenters. The highest BCUT2D eigenvalue weighted by atomic mass is 31.2. The molecule has 0 aliphatic heterocycles. The van der Waals surface area contributed by atoms with E-state index in [1.54, 1.807) is 6.92 Å². The Morgan fingerprint density at radius 1 is 1.05 bits per heavy atom. The maximum atomic E-state index is 11.2. The zero-order chi connectivity index (χ0) is 15.3. The maximum absolute atomic E-state index is 11.2. The van der Waals surface area contributed by atoms with E-state index in [4.69, 9.17) is 14.5 Å². The number of rotatable bonds is 6. The summed E-state index contributed by atoms with van der Waals surface area (Å²) in [5, 5.41) is 0. The largest absolute Gasteiger partial charge is 0.489 e. The van der Waals surface area contributed by atoms with E-state index < -0.39 is 13.3 Å². The number of hydrogen-bond acceptors (Lipinski definition) is 2. The second kappa shape index (κ2) is 6.90. The highest BCUT2D eigenvalue weighted by Gasteiger charge is 2.23. The van der Waals surface area contributed by atoms with E-state index in [9.17, 15) is 4.57 Å². The Hall–Kier alpha value is -1.61. The molecule has 0 aromatic heterocycles. The van der Waals surface area contributed by atoms with Crippen molar-refractivity contribution in [2.45, 2.75) is 25.6 Å². The standard InChI is InChI=1S/C16H19O4P/c1-13(21(17,18)19)10-15-8-5-9-16(11-15)20-12-14-6-3-2-4-7-14/h2-9,11,13H,10,12H2,1H3,(H2,17,18,19). The molecule has 0 saturated carbocycles. The van der Waals surface area contributed by atoms with E-state index >= 15 is 0 Å². The summed E-state index contributed by atoms with van der Waals surface area (Å²) in [5.41, 5.74) is 1.24. The van der Waals surface area contributed by atoms with Gasteiger partial charge in [0.2, 0.25) is 0 Å². The topological polar surface area (TPSA) is 66.8 Å². The molecule has 0 aliphatic carbocycles. The van der Waals surface area contributed by atoms with Crippen molar-refractivity contribution in [3.05, 3.63) is 65.7 Å². The minimum absolute atomic E-state index is 0.326. The summed E-state index contributed by atoms with van der Waals surface area (Å²) >= 11 is 0. The molecule has 2 aromatic carbocycles. The van der Waals surface area contributed by atoms with Crippen LogP contribution < -0.4 is 4.74 Å². The molecule has 0 amide bonds. The average molecular weight is 306 g/mol. The highest BCUT2D eigenvalue weighted by Crippen LogP contribution is 2.42. The van der Waals surface area contributed by atoms with E-state index in [-0.39, 0.29) is 0 Å². The Labute approximate surface area is 124 Å². The van der Waals surface area contributed by atoms with Crippen molar-refractivity contribution in [1.29, 1.82) is 0 Å². The molecule has 0 heterocycles. The second-order valence-corrected chi connectivity index (χ2v) is 7.12. The smallest absolute Gasteiger partial charge is 0.328 e. The van der Waals surface area contributed by atoms with Crippen LogP contribution in [0.15, 0.2) is 54.6 Å². The van der Waals surface area contributed by atoms with Crippen LogP contribution in [-0.4, -0.2) is 15.4 Å². The van der Waals surface area contributed by atoms with Crippen molar-refractivity contribution < 1.29 is 19.1 Å². The molecule has 2 aromatic rings. The SMILES string of the molecule is CC(Cc1cccc(OCc2ccccc2)c1)P(=O)(O)O. The first-order chi connectivity index (χ1) is 9.95. The molecular formula is C16H19O4P. The van der Waals surface area contributed by atoms with Gasteiger partial charge in [-0.15, -0.1) is 0 Å². The van der Waals surface area contributed by atoms with E-state index in [1.807, 2.05) is 54.6 Å². The van der Waals surface area contributed by atoms with Crippen LogP contribution in [0.4, 0.5) is 0 Å². The molecular weight excluding hydrogens is 287 g/mol. The fraction of sp³-hybridized carbons (Fsp3) is 0.250. The van der Waals surface area contributed by atoms with Gasteiger partial charge in [0.25, 0.3) is 0 Å². The zero-order valence-corrected chi connectivity index (χ0v) is 12.7. The molecule has 2 N–H and O–H groups in total. The first-order valence-corrected chi connectivity index (χ1v) is 8.44. The first-order valence-electron chi connectivity index (χ1n) is 6.76. The summed E-state index contributed by atoms with van der Waals surface area (Å²) < 4.78 is 16.9. The quantitative estimate of drug-likeness (QED) is 0.803. The first kappa shape index (κ1) is 15.8. The van der Waals surface area contributed by atoms with Crippen LogP contribution >= 0.6 is 7.60 Å². The molecule has 112 valence electrons. The van der Waals surface area contributed by atoms with Gasteiger partial charge in [0.05, 0.1) is 5.66 Å². The van der Waals surface area contributed by atoms with Crippen LogP contribution in [0.25, 0.3) is 0 Å². The number of benzene rings is 2. The maximum Gasteiger partial charge on any atom is 0.328 e. The fourth-order valence-electron chi connectivity index (χ4n) is 1.96. The summed E-state index contributed by atoms with van der Waals surface area (Å²) in [6.07, 6.45) is 0.326. The Bertz CT molecular complexity index is 621. The van der Waals surface area contributed by atoms with Gasteiger partial charge in [-0.3, -0.25) is 4.57 Å². The Balaban J connectivity index is 1.99. The van der Waals surface area contributed by atoms with Gasteiger partial charge in [-0.25, -0.2) is 0 Å². The Kier molecular flexibility index (Phi) is 5.18. The Morgan fingerprint density at radius 3 is 2.38 bits per heavy atom. The van der Waals surface area contributed by atoms with Crippen LogP contribution in [0, 0.1) is 0 Å². The molecule has 0 aliphatic rings. The molecule has 5 heteroatoms. The van der Waals surface area contributed by atoms with E-state index in [0.717, 1.165) is 11.1 Å². The third-order valence-electron chi connectivity index (χ3n) is 3.25. The molecule has 1 unspecified atom stereocenters. The summed E-state index contributed by atoms with van der Waals surface area (Å²) in [5.74, 6) is 0.703. The molecule has 0 fully saturated rings. The van der Waals surface area contributed by atoms with Gasteiger partial charge < -0.3 is 14.5 Å². The van der Waals surface area contributed by atoms with Crippen molar-refractivity contribution in [2.24, 2.45) is 0 Å². The van der Waals surface area contributed by atoms with Crippen molar-refractivity contribution in [1.82, 2.24) is 0 Å². The van der Waals surface area contributed by atoms with Crippen LogP contribution in [-0.2, 0) is 17.6 Å². The molecule has 0 spiro atoms. The predicted molar refractivity (Wildman–Crippen MR) is 82.4 cm³/mol. The van der Waals surface area contributed by atoms with Crippen molar-refractivity contribution in [3.63, 3.8) is 0 Å². The molecule has 0 bridgehead atoms. The lowest BCUT2D eigenvalue weighted by molar-refractivity contribution is 0.306. The fourth-order valence-corrected chi connectivity index (χ4v) is 2.41. The van der Waals surface area contributed by atoms with Crippen LogP contribution in [0.5, 0.6) is 5.75 Å². The van der Waals surface area contributed by atoms with E-state index in [0.29, 0.717) is 18.8 Å². The third kappa shape index (κ3) is 5.01. The summed E-state index contributed by atoms with van der Waals surface area (Å²) in [4.78, 5) is 18.3. The van der Waals surface area contributed by atoms with Crippen molar-refractivity contribution in [3.8, 4) is 5.75 Å². The summed E-state index contributed by atoms with van der Waals surface area (Å²) in [6, 6.07) is 17.2. The monoisotopic (exact) mass is 306 g/mol. The zero-order valence-electron chi connectivity index (χ0n) is 11.8. The molecule has 4 nitrogen and oxygen atoms in total. The summed E-state index contributed by atoms with van der Waals surface area (Å²) in [7, 11) is -4.04. The van der Waals surface area contributed by atoms with Crippen molar-refractivity contribution >= 4 is 7.60 Å².